The Morgan fingerprint density at radius 2 is 2.06 bits per heavy atom. The molecule has 0 saturated carbocycles. The lowest BCUT2D eigenvalue weighted by Gasteiger charge is -2.50. The zero-order valence-electron chi connectivity index (χ0n) is 27.8. The molecular formula is C30H38N7O11S2+. The van der Waals surface area contributed by atoms with E-state index in [1.165, 1.54) is 26.2 Å². The number of ether oxygens (including phenoxy) is 1. The number of nitrogen functional groups attached to an aromatic ring is 1. The van der Waals surface area contributed by atoms with Crippen LogP contribution in [0.4, 0.5) is 5.13 Å². The average molecular weight is 737 g/mol. The van der Waals surface area contributed by atoms with Crippen LogP contribution in [0, 0.1) is 0 Å². The van der Waals surface area contributed by atoms with Crippen LogP contribution in [-0.4, -0.2) is 90.8 Å². The molecule has 4 heterocycles. The van der Waals surface area contributed by atoms with Gasteiger partial charge in [0.25, 0.3) is 17.4 Å². The molecule has 2 aliphatic heterocycles. The number of rotatable bonds is 13. The fourth-order valence-electron chi connectivity index (χ4n) is 5.59. The Morgan fingerprint density at radius 1 is 1.34 bits per heavy atom. The fraction of sp³-hybridized carbons (Fsp3) is 0.467. The van der Waals surface area contributed by atoms with Crippen molar-refractivity contribution in [2.45, 2.75) is 82.9 Å². The van der Waals surface area contributed by atoms with Crippen LogP contribution in [0.5, 0.6) is 5.75 Å². The lowest BCUT2D eigenvalue weighted by Crippen LogP contribution is -2.76. The van der Waals surface area contributed by atoms with Gasteiger partial charge in [-0.15, -0.1) is 20.3 Å². The summed E-state index contributed by atoms with van der Waals surface area (Å²) in [6, 6.07) is 4.20. The molecule has 0 radical (unpaired) electrons. The highest BCUT2D eigenvalue weighted by Gasteiger charge is 2.58. The molecule has 2 amide bonds. The van der Waals surface area contributed by atoms with E-state index in [0.717, 1.165) is 28.0 Å². The number of nitrogens with one attached hydrogen (secondary N) is 1. The standard InChI is InChI=1S/C30H37N7O11S2/c1-6-19(38)14-36-13-18(12-35(36)5)16-7-9-21-17(11-16)8-10-22(46-21)30(4,27(41)42)47-34-23(20-15-49-28(31)32-20)25(39)33-24-26(40)37(29(24,2)3)48-50(43,44)45/h7,9,11-13,15,19,22,24,38H,6,8,10,14H2,1-5H3,(H4-,31,32,33,39,41,42,43,44,45)/p+1/b34-23-/t19-,22-,24-,30+/m1/s1. The molecule has 2 aromatic heterocycles. The highest BCUT2D eigenvalue weighted by Crippen LogP contribution is 2.37. The van der Waals surface area contributed by atoms with Crippen molar-refractivity contribution in [3.63, 3.8) is 0 Å². The van der Waals surface area contributed by atoms with Gasteiger partial charge in [-0.3, -0.25) is 14.1 Å². The number of hydroxylamine groups is 2. The maximum Gasteiger partial charge on any atom is 0.418 e. The van der Waals surface area contributed by atoms with Gasteiger partial charge in [-0.1, -0.05) is 18.1 Å². The molecule has 2 aliphatic rings. The molecule has 0 aliphatic carbocycles. The molecule has 20 heteroatoms. The van der Waals surface area contributed by atoms with Crippen molar-refractivity contribution < 1.29 is 56.1 Å². The van der Waals surface area contributed by atoms with Gasteiger partial charge in [-0.25, -0.2) is 9.78 Å². The summed E-state index contributed by atoms with van der Waals surface area (Å²) in [6.07, 6.45) is 3.62. The SMILES string of the molecule is CC[C@@H](O)Cn1cc(-c2ccc3c(c2)CC[C@H]([C@](C)(O/N=C(\C(=O)N[C@@H]2C(=O)N(OS(=O)(=O)O)C2(C)C)c2csc(N)n2)C(=O)O)O3)c[n+]1C. The van der Waals surface area contributed by atoms with E-state index in [4.69, 9.17) is 19.9 Å². The minimum Gasteiger partial charge on any atom is -0.485 e. The molecule has 18 nitrogen and oxygen atoms in total. The predicted octanol–water partition coefficient (Wildman–Crippen LogP) is 0.587. The molecule has 1 aromatic carbocycles. The first-order valence-corrected chi connectivity index (χ1v) is 17.7. The maximum atomic E-state index is 13.5. The summed E-state index contributed by atoms with van der Waals surface area (Å²) in [7, 11) is -3.15. The van der Waals surface area contributed by atoms with E-state index in [9.17, 15) is 33.0 Å². The molecule has 0 spiro atoms. The van der Waals surface area contributed by atoms with Crippen LogP contribution >= 0.6 is 11.3 Å². The number of nitrogens with zero attached hydrogens (tertiary/aromatic N) is 5. The number of β-lactam (4-membered cyclic amide) rings is 1. The van der Waals surface area contributed by atoms with Crippen LogP contribution < -0.4 is 20.5 Å². The van der Waals surface area contributed by atoms with E-state index in [1.54, 1.807) is 6.07 Å². The van der Waals surface area contributed by atoms with E-state index in [0.29, 0.717) is 30.2 Å². The Kier molecular flexibility index (Phi) is 9.96. The molecule has 1 saturated heterocycles. The number of carboxylic acids is 1. The van der Waals surface area contributed by atoms with Crippen LogP contribution in [0.25, 0.3) is 11.1 Å². The van der Waals surface area contributed by atoms with Gasteiger partial charge in [-0.05, 0) is 63.3 Å². The second kappa shape index (κ2) is 13.6. The minimum atomic E-state index is -5.03. The number of aliphatic carboxylic acids is 1. The van der Waals surface area contributed by atoms with E-state index in [-0.39, 0.29) is 17.2 Å². The summed E-state index contributed by atoms with van der Waals surface area (Å²) in [5.41, 5.74) is 4.30. The van der Waals surface area contributed by atoms with Gasteiger partial charge in [0.1, 0.15) is 24.0 Å². The number of anilines is 1. The number of benzene rings is 1. The summed E-state index contributed by atoms with van der Waals surface area (Å²) < 4.78 is 45.6. The quantitative estimate of drug-likeness (QED) is 0.0531. The molecule has 0 unspecified atom stereocenters. The number of nitrogens with two attached hydrogens (primary N) is 1. The highest BCUT2D eigenvalue weighted by atomic mass is 32.3. The molecular weight excluding hydrogens is 699 g/mol. The van der Waals surface area contributed by atoms with Crippen molar-refractivity contribution in [2.75, 3.05) is 5.73 Å². The molecule has 5 rings (SSSR count). The second-order valence-corrected chi connectivity index (χ2v) is 14.5. The summed E-state index contributed by atoms with van der Waals surface area (Å²) in [5.74, 6) is -2.99. The number of hydrogen-bond acceptors (Lipinski definition) is 13. The Bertz CT molecular complexity index is 1960. The number of fused-ring (bicyclic) bond motifs is 1. The van der Waals surface area contributed by atoms with Crippen molar-refractivity contribution in [1.82, 2.24) is 20.0 Å². The van der Waals surface area contributed by atoms with Crippen LogP contribution in [0.2, 0.25) is 0 Å². The Labute approximate surface area is 290 Å². The summed E-state index contributed by atoms with van der Waals surface area (Å²) >= 11 is 0.967. The van der Waals surface area contributed by atoms with Crippen molar-refractivity contribution in [1.29, 1.82) is 0 Å². The van der Waals surface area contributed by atoms with Gasteiger partial charge in [0.05, 0.1) is 23.4 Å². The molecule has 50 heavy (non-hydrogen) atoms. The molecule has 4 atom stereocenters. The smallest absolute Gasteiger partial charge is 0.418 e. The van der Waals surface area contributed by atoms with Gasteiger partial charge in [0, 0.05) is 5.38 Å². The number of carbonyl (C=O) groups excluding carboxylic acids is 2. The Balaban J connectivity index is 1.36. The first-order chi connectivity index (χ1) is 23.3. The van der Waals surface area contributed by atoms with Gasteiger partial charge < -0.3 is 30.8 Å². The van der Waals surface area contributed by atoms with Gasteiger partial charge >= 0.3 is 16.4 Å². The molecule has 270 valence electrons. The topological polar surface area (TPSA) is 249 Å². The highest BCUT2D eigenvalue weighted by molar-refractivity contribution is 7.80. The second-order valence-electron chi connectivity index (χ2n) is 12.6. The van der Waals surface area contributed by atoms with E-state index < -0.39 is 63.3 Å². The fourth-order valence-corrected chi connectivity index (χ4v) is 6.59. The third kappa shape index (κ3) is 7.29. The van der Waals surface area contributed by atoms with Gasteiger partial charge in [0.15, 0.2) is 24.0 Å². The van der Waals surface area contributed by atoms with Crippen LogP contribution in [0.3, 0.4) is 0 Å². The number of aliphatic hydroxyl groups is 1. The lowest BCUT2D eigenvalue weighted by atomic mass is 9.84. The maximum absolute atomic E-state index is 13.5. The third-order valence-corrected chi connectivity index (χ3v) is 9.70. The molecule has 0 bridgehead atoms. The Hall–Kier alpha value is -4.63. The van der Waals surface area contributed by atoms with E-state index in [1.807, 2.05) is 47.9 Å². The number of amides is 2. The summed E-state index contributed by atoms with van der Waals surface area (Å²) in [4.78, 5) is 48.4. The van der Waals surface area contributed by atoms with Crippen LogP contribution in [0.1, 0.15) is 51.8 Å². The van der Waals surface area contributed by atoms with E-state index >= 15 is 0 Å². The van der Waals surface area contributed by atoms with Crippen LogP contribution in [-0.2, 0) is 53.9 Å². The third-order valence-electron chi connectivity index (χ3n) is 8.69. The largest absolute Gasteiger partial charge is 0.485 e. The number of carboxylic acid groups (broad SMARTS) is 1. The van der Waals surface area contributed by atoms with E-state index in [2.05, 4.69) is 19.7 Å². The first kappa shape index (κ1) is 36.6. The number of carbonyl (C=O) groups is 3. The normalized spacial score (nSPS) is 20.6. The monoisotopic (exact) mass is 736 g/mol. The lowest BCUT2D eigenvalue weighted by molar-refractivity contribution is -0.754. The van der Waals surface area contributed by atoms with Gasteiger partial charge in [-0.2, -0.15) is 18.2 Å². The van der Waals surface area contributed by atoms with Crippen molar-refractivity contribution in [3.8, 4) is 16.9 Å². The van der Waals surface area contributed by atoms with Crippen molar-refractivity contribution >= 4 is 50.4 Å². The Morgan fingerprint density at radius 3 is 2.66 bits per heavy atom. The van der Waals surface area contributed by atoms with Crippen molar-refractivity contribution in [3.05, 3.63) is 47.2 Å². The molecule has 3 aromatic rings. The van der Waals surface area contributed by atoms with Gasteiger partial charge in [0.2, 0.25) is 6.20 Å². The average Bonchev–Trinajstić information content (AvgIpc) is 3.65. The number of aromatic nitrogens is 3. The summed E-state index contributed by atoms with van der Waals surface area (Å²) in [6.45, 7) is 6.35. The number of thiazole rings is 1. The number of hydrogen-bond donors (Lipinski definition) is 5. The first-order valence-electron chi connectivity index (χ1n) is 15.4. The van der Waals surface area contributed by atoms with Crippen LogP contribution in [0.15, 0.2) is 41.1 Å². The zero-order valence-corrected chi connectivity index (χ0v) is 29.4. The molecule has 6 N–H and O–H groups in total. The zero-order chi connectivity index (χ0) is 36.8. The summed E-state index contributed by atoms with van der Waals surface area (Å²) in [5, 5.41) is 28.5. The minimum absolute atomic E-state index is 0.0599. The number of oxime groups is 1. The molecule has 1 fully saturated rings. The predicted molar refractivity (Wildman–Crippen MR) is 176 cm³/mol. The number of aryl methyl sites for hydroxylation is 2. The van der Waals surface area contributed by atoms with Crippen molar-refractivity contribution in [2.24, 2.45) is 12.2 Å². The number of aliphatic hydroxyl groups excluding tert-OH is 1.